The van der Waals surface area contributed by atoms with Crippen LogP contribution in [-0.2, 0) is 4.57 Å². The molecule has 0 bridgehead atoms. The summed E-state index contributed by atoms with van der Waals surface area (Å²) in [5, 5.41) is 1.16. The molecule has 0 radical (unpaired) electrons. The molecule has 0 spiro atoms. The molecule has 0 atom stereocenters. The van der Waals surface area contributed by atoms with Crippen molar-refractivity contribution in [3.05, 3.63) is 54.6 Å². The number of rotatable bonds is 4. The van der Waals surface area contributed by atoms with E-state index >= 15 is 0 Å². The van der Waals surface area contributed by atoms with Gasteiger partial charge >= 0.3 is 0 Å². The zero-order chi connectivity index (χ0) is 17.8. The Kier molecular flexibility index (Phi) is 5.65. The van der Waals surface area contributed by atoms with E-state index in [4.69, 9.17) is 0 Å². The molecular formula is C24H31OP. The quantitative estimate of drug-likeness (QED) is 0.532. The maximum absolute atomic E-state index is 14.6. The Labute approximate surface area is 158 Å². The van der Waals surface area contributed by atoms with Gasteiger partial charge in [-0.2, -0.15) is 0 Å². The second-order valence-corrected chi connectivity index (χ2v) is 11.6. The number of hydrogen-bond donors (Lipinski definition) is 0. The number of hydrogen-bond acceptors (Lipinski definition) is 1. The van der Waals surface area contributed by atoms with E-state index < -0.39 is 7.14 Å². The lowest BCUT2D eigenvalue weighted by atomic mass is 9.99. The summed E-state index contributed by atoms with van der Waals surface area (Å²) in [6.07, 6.45) is 12.4. The molecule has 2 heteroatoms. The van der Waals surface area contributed by atoms with Crippen molar-refractivity contribution in [2.24, 2.45) is 0 Å². The molecule has 2 aliphatic rings. The average molecular weight is 366 g/mol. The Hall–Kier alpha value is -1.33. The summed E-state index contributed by atoms with van der Waals surface area (Å²) in [4.78, 5) is 0. The molecule has 0 heterocycles. The van der Waals surface area contributed by atoms with E-state index in [0.29, 0.717) is 11.3 Å². The summed E-state index contributed by atoms with van der Waals surface area (Å²) in [5.74, 6) is 0. The fraction of sp³-hybridized carbons (Fsp3) is 0.500. The normalized spacial score (nSPS) is 20.2. The van der Waals surface area contributed by atoms with E-state index in [1.54, 1.807) is 0 Å². The molecule has 138 valence electrons. The minimum absolute atomic E-state index is 0.432. The van der Waals surface area contributed by atoms with Gasteiger partial charge in [0.25, 0.3) is 0 Å². The summed E-state index contributed by atoms with van der Waals surface area (Å²) in [6, 6.07) is 19.3. The van der Waals surface area contributed by atoms with Crippen molar-refractivity contribution < 1.29 is 4.57 Å². The first-order valence-corrected chi connectivity index (χ1v) is 12.4. The van der Waals surface area contributed by atoms with Crippen molar-refractivity contribution in [2.45, 2.75) is 75.5 Å². The first-order valence-electron chi connectivity index (χ1n) is 10.5. The van der Waals surface area contributed by atoms with Gasteiger partial charge in [-0.05, 0) is 36.8 Å². The van der Waals surface area contributed by atoms with E-state index in [2.05, 4.69) is 54.6 Å². The highest BCUT2D eigenvalue weighted by Gasteiger charge is 2.42. The van der Waals surface area contributed by atoms with Gasteiger partial charge in [-0.1, -0.05) is 93.1 Å². The number of benzene rings is 2. The van der Waals surface area contributed by atoms with Crippen LogP contribution in [0.25, 0.3) is 11.1 Å². The second kappa shape index (κ2) is 8.13. The Morgan fingerprint density at radius 3 is 1.54 bits per heavy atom. The molecule has 0 saturated heterocycles. The van der Waals surface area contributed by atoms with Gasteiger partial charge in [-0.3, -0.25) is 0 Å². The van der Waals surface area contributed by atoms with E-state index in [9.17, 15) is 4.57 Å². The van der Waals surface area contributed by atoms with Crippen molar-refractivity contribution in [2.75, 3.05) is 0 Å². The van der Waals surface area contributed by atoms with Gasteiger partial charge in [0, 0.05) is 16.6 Å². The lowest BCUT2D eigenvalue weighted by Gasteiger charge is -2.38. The van der Waals surface area contributed by atoms with Crippen LogP contribution in [0, 0.1) is 0 Å². The molecule has 1 nitrogen and oxygen atoms in total. The van der Waals surface area contributed by atoms with Gasteiger partial charge in [0.2, 0.25) is 0 Å². The molecule has 0 N–H and O–H groups in total. The largest absolute Gasteiger partial charge is 0.318 e. The predicted octanol–water partition coefficient (Wildman–Crippen LogP) is 7.01. The second-order valence-electron chi connectivity index (χ2n) is 8.21. The highest BCUT2D eigenvalue weighted by Crippen LogP contribution is 2.61. The van der Waals surface area contributed by atoms with Gasteiger partial charge < -0.3 is 4.57 Å². The molecule has 2 aromatic rings. The van der Waals surface area contributed by atoms with Crippen LogP contribution in [0.2, 0.25) is 0 Å². The maximum atomic E-state index is 14.6. The van der Waals surface area contributed by atoms with Gasteiger partial charge in [0.15, 0.2) is 0 Å². The molecule has 4 rings (SSSR count). The zero-order valence-corrected chi connectivity index (χ0v) is 16.7. The van der Waals surface area contributed by atoms with Gasteiger partial charge in [0.05, 0.1) is 0 Å². The van der Waals surface area contributed by atoms with E-state index in [1.165, 1.54) is 75.3 Å². The van der Waals surface area contributed by atoms with E-state index in [-0.39, 0.29) is 0 Å². The van der Waals surface area contributed by atoms with Crippen LogP contribution in [0.5, 0.6) is 0 Å². The Balaban J connectivity index is 1.68. The van der Waals surface area contributed by atoms with Crippen molar-refractivity contribution in [3.63, 3.8) is 0 Å². The fourth-order valence-corrected chi connectivity index (χ4v) is 9.49. The SMILES string of the molecule is O=P(c1ccc(-c2ccccc2)cc1)(C1CCCCC1)C1CCCCC1. The summed E-state index contributed by atoms with van der Waals surface area (Å²) < 4.78 is 14.6. The van der Waals surface area contributed by atoms with Gasteiger partial charge in [-0.15, -0.1) is 0 Å². The molecule has 26 heavy (non-hydrogen) atoms. The zero-order valence-electron chi connectivity index (χ0n) is 15.8. The minimum Gasteiger partial charge on any atom is -0.318 e. The third-order valence-electron chi connectivity index (χ3n) is 6.61. The smallest absolute Gasteiger partial charge is 0.121 e. The van der Waals surface area contributed by atoms with Crippen molar-refractivity contribution in [3.8, 4) is 11.1 Å². The summed E-state index contributed by atoms with van der Waals surface area (Å²) >= 11 is 0. The molecule has 0 aromatic heterocycles. The summed E-state index contributed by atoms with van der Waals surface area (Å²) in [5.41, 5.74) is 3.33. The van der Waals surface area contributed by atoms with Crippen LogP contribution >= 0.6 is 7.14 Å². The lowest BCUT2D eigenvalue weighted by Crippen LogP contribution is -2.29. The van der Waals surface area contributed by atoms with Crippen LogP contribution in [0.3, 0.4) is 0 Å². The Bertz CT molecular complexity index is 716. The van der Waals surface area contributed by atoms with Crippen LogP contribution in [-0.4, -0.2) is 11.3 Å². The van der Waals surface area contributed by atoms with Crippen LogP contribution < -0.4 is 5.30 Å². The van der Waals surface area contributed by atoms with Gasteiger partial charge in [-0.25, -0.2) is 0 Å². The molecule has 2 aromatic carbocycles. The first-order chi connectivity index (χ1) is 12.8. The monoisotopic (exact) mass is 366 g/mol. The third-order valence-corrected chi connectivity index (χ3v) is 10.9. The lowest BCUT2D eigenvalue weighted by molar-refractivity contribution is 0.453. The van der Waals surface area contributed by atoms with Crippen LogP contribution in [0.1, 0.15) is 64.2 Å². The minimum atomic E-state index is -2.33. The highest BCUT2D eigenvalue weighted by atomic mass is 31.2. The van der Waals surface area contributed by atoms with Crippen molar-refractivity contribution >= 4 is 12.4 Å². The summed E-state index contributed by atoms with van der Waals surface area (Å²) in [7, 11) is -2.33. The van der Waals surface area contributed by atoms with Gasteiger partial charge in [0.1, 0.15) is 7.14 Å². The topological polar surface area (TPSA) is 17.1 Å². The maximum Gasteiger partial charge on any atom is 0.121 e. The third kappa shape index (κ3) is 3.56. The van der Waals surface area contributed by atoms with Crippen molar-refractivity contribution in [1.29, 1.82) is 0 Å². The molecule has 0 amide bonds. The van der Waals surface area contributed by atoms with Crippen LogP contribution in [0.15, 0.2) is 54.6 Å². The average Bonchev–Trinajstić information content (AvgIpc) is 2.75. The standard InChI is InChI=1S/C24H31OP/c25-26(22-12-6-2-7-13-22,23-14-8-3-9-15-23)24-18-16-21(17-19-24)20-10-4-1-5-11-20/h1,4-5,10-11,16-19,22-23H,2-3,6-9,12-15H2. The first kappa shape index (κ1) is 18.1. The molecule has 0 aliphatic heterocycles. The van der Waals surface area contributed by atoms with Crippen LogP contribution in [0.4, 0.5) is 0 Å². The predicted molar refractivity (Wildman–Crippen MR) is 113 cm³/mol. The molecule has 2 saturated carbocycles. The Morgan fingerprint density at radius 2 is 1.04 bits per heavy atom. The molecule has 2 fully saturated rings. The van der Waals surface area contributed by atoms with Crippen molar-refractivity contribution in [1.82, 2.24) is 0 Å². The molecular weight excluding hydrogens is 335 g/mol. The molecule has 2 aliphatic carbocycles. The summed E-state index contributed by atoms with van der Waals surface area (Å²) in [6.45, 7) is 0. The Morgan fingerprint density at radius 1 is 0.577 bits per heavy atom. The van der Waals surface area contributed by atoms with E-state index in [0.717, 1.165) is 5.30 Å². The highest BCUT2D eigenvalue weighted by molar-refractivity contribution is 7.73. The molecule has 0 unspecified atom stereocenters. The van der Waals surface area contributed by atoms with E-state index in [1.807, 2.05) is 0 Å². The fourth-order valence-electron chi connectivity index (χ4n) is 5.17.